The van der Waals surface area contributed by atoms with Gasteiger partial charge in [-0.3, -0.25) is 14.4 Å². The number of hydrogen-bond donors (Lipinski definition) is 2. The number of aromatic nitrogens is 2. The number of benzene rings is 2. The first kappa shape index (κ1) is 20.5. The summed E-state index contributed by atoms with van der Waals surface area (Å²) in [6.07, 6.45) is -4.62. The summed E-state index contributed by atoms with van der Waals surface area (Å²) < 4.78 is 39.5. The lowest BCUT2D eigenvalue weighted by atomic mass is 10.1. The largest absolute Gasteiger partial charge is 0.417 e. The zero-order valence-electron chi connectivity index (χ0n) is 14.5. The minimum Gasteiger partial charge on any atom is -0.364 e. The van der Waals surface area contributed by atoms with Gasteiger partial charge >= 0.3 is 6.18 Å². The van der Waals surface area contributed by atoms with Crippen molar-refractivity contribution in [3.8, 4) is 0 Å². The third-order valence-electron chi connectivity index (χ3n) is 3.95. The van der Waals surface area contributed by atoms with Crippen molar-refractivity contribution in [2.75, 3.05) is 5.32 Å². The molecule has 0 radical (unpaired) electrons. The number of nitrogens with one attached hydrogen (secondary N) is 1. The van der Waals surface area contributed by atoms with E-state index in [2.05, 4.69) is 26.3 Å². The topological polar surface area (TPSA) is 107 Å². The molecule has 7 nitrogen and oxygen atoms in total. The van der Waals surface area contributed by atoms with Gasteiger partial charge in [-0.25, -0.2) is 4.68 Å². The maximum absolute atomic E-state index is 13.0. The Morgan fingerprint density at radius 1 is 1.14 bits per heavy atom. The number of primary amides is 1. The van der Waals surface area contributed by atoms with E-state index in [9.17, 15) is 27.6 Å². The van der Waals surface area contributed by atoms with Crippen LogP contribution in [0, 0.1) is 0 Å². The molecule has 0 spiro atoms. The van der Waals surface area contributed by atoms with Crippen LogP contribution >= 0.6 is 15.9 Å². The highest BCUT2D eigenvalue weighted by Crippen LogP contribution is 2.36. The van der Waals surface area contributed by atoms with Gasteiger partial charge < -0.3 is 11.1 Å². The Labute approximate surface area is 169 Å². The zero-order valence-corrected chi connectivity index (χ0v) is 16.0. The molecule has 0 bridgehead atoms. The second kappa shape index (κ2) is 7.66. The first-order chi connectivity index (χ1) is 13.6. The van der Waals surface area contributed by atoms with Gasteiger partial charge in [0.2, 0.25) is 5.91 Å². The number of carbonyl (C=O) groups excluding carboxylic acids is 2. The van der Waals surface area contributed by atoms with Crippen molar-refractivity contribution < 1.29 is 22.8 Å². The minimum atomic E-state index is -4.62. The van der Waals surface area contributed by atoms with Crippen LogP contribution in [0.1, 0.15) is 16.1 Å². The number of carbonyl (C=O) groups is 2. The van der Waals surface area contributed by atoms with E-state index in [-0.39, 0.29) is 26.6 Å². The fourth-order valence-electron chi connectivity index (χ4n) is 2.68. The third-order valence-corrected chi connectivity index (χ3v) is 4.64. The van der Waals surface area contributed by atoms with Gasteiger partial charge in [0.1, 0.15) is 6.54 Å². The Kier molecular flexibility index (Phi) is 5.42. The molecule has 0 aliphatic carbocycles. The molecule has 0 saturated carbocycles. The highest BCUT2D eigenvalue weighted by atomic mass is 79.9. The maximum Gasteiger partial charge on any atom is 0.417 e. The van der Waals surface area contributed by atoms with Gasteiger partial charge in [0.05, 0.1) is 10.9 Å². The Morgan fingerprint density at radius 2 is 1.79 bits per heavy atom. The van der Waals surface area contributed by atoms with Gasteiger partial charge in [0.25, 0.3) is 11.5 Å². The SMILES string of the molecule is NC(=O)c1nn(CC(=O)Nc2ccc(Br)c(C(F)(F)F)c2)c(=O)c2ccccc12. The molecule has 11 heteroatoms. The van der Waals surface area contributed by atoms with Crippen molar-refractivity contribution in [1.29, 1.82) is 0 Å². The van der Waals surface area contributed by atoms with Crippen molar-refractivity contribution in [2.24, 2.45) is 5.73 Å². The quantitative estimate of drug-likeness (QED) is 0.613. The summed E-state index contributed by atoms with van der Waals surface area (Å²) >= 11 is 2.81. The lowest BCUT2D eigenvalue weighted by molar-refractivity contribution is -0.138. The average molecular weight is 469 g/mol. The van der Waals surface area contributed by atoms with Crippen LogP contribution < -0.4 is 16.6 Å². The van der Waals surface area contributed by atoms with Crippen LogP contribution in [0.25, 0.3) is 10.8 Å². The lowest BCUT2D eigenvalue weighted by Crippen LogP contribution is -2.32. The Bertz CT molecular complexity index is 1190. The van der Waals surface area contributed by atoms with E-state index < -0.39 is 35.7 Å². The fourth-order valence-corrected chi connectivity index (χ4v) is 3.15. The fraction of sp³-hybridized carbons (Fsp3) is 0.111. The molecule has 3 aromatic rings. The molecule has 2 aromatic carbocycles. The van der Waals surface area contributed by atoms with Gasteiger partial charge in [-0.15, -0.1) is 0 Å². The molecule has 2 amide bonds. The van der Waals surface area contributed by atoms with E-state index in [0.29, 0.717) is 0 Å². The van der Waals surface area contributed by atoms with Crippen molar-refractivity contribution in [1.82, 2.24) is 9.78 Å². The van der Waals surface area contributed by atoms with Crippen molar-refractivity contribution in [3.05, 3.63) is 68.5 Å². The second-order valence-electron chi connectivity index (χ2n) is 5.96. The third kappa shape index (κ3) is 4.29. The molecule has 1 heterocycles. The summed E-state index contributed by atoms with van der Waals surface area (Å²) in [6, 6.07) is 9.28. The van der Waals surface area contributed by atoms with Crippen molar-refractivity contribution >= 4 is 44.2 Å². The molecule has 29 heavy (non-hydrogen) atoms. The predicted molar refractivity (Wildman–Crippen MR) is 102 cm³/mol. The van der Waals surface area contributed by atoms with Crippen LogP contribution in [0.5, 0.6) is 0 Å². The number of nitrogens with two attached hydrogens (primary N) is 1. The number of nitrogens with zero attached hydrogens (tertiary/aromatic N) is 2. The number of anilines is 1. The number of alkyl halides is 3. The number of hydrogen-bond acceptors (Lipinski definition) is 4. The molecule has 0 saturated heterocycles. The van der Waals surface area contributed by atoms with E-state index in [1.165, 1.54) is 18.2 Å². The van der Waals surface area contributed by atoms with Gasteiger partial charge in [0.15, 0.2) is 5.69 Å². The summed E-state index contributed by atoms with van der Waals surface area (Å²) in [6.45, 7) is -0.624. The second-order valence-corrected chi connectivity index (χ2v) is 6.82. The Hall–Kier alpha value is -3.21. The first-order valence-electron chi connectivity index (χ1n) is 8.04. The number of rotatable bonds is 4. The predicted octanol–water partition coefficient (Wildman–Crippen LogP) is 2.92. The standard InChI is InChI=1S/C18H12BrF3N4O3/c19-13-6-5-9(7-12(13)18(20,21)22)24-14(27)8-26-17(29)11-4-2-1-3-10(11)15(25-26)16(23)28/h1-7H,8H2,(H2,23,28)(H,24,27). The first-order valence-corrected chi connectivity index (χ1v) is 8.83. The molecule has 150 valence electrons. The summed E-state index contributed by atoms with van der Waals surface area (Å²) in [4.78, 5) is 36.5. The molecule has 0 aliphatic rings. The van der Waals surface area contributed by atoms with Gasteiger partial charge in [-0.1, -0.05) is 34.1 Å². The van der Waals surface area contributed by atoms with Gasteiger partial charge in [0, 0.05) is 15.5 Å². The van der Waals surface area contributed by atoms with E-state index in [4.69, 9.17) is 5.73 Å². The van der Waals surface area contributed by atoms with Crippen LogP contribution in [-0.4, -0.2) is 21.6 Å². The number of amides is 2. The van der Waals surface area contributed by atoms with E-state index in [1.54, 1.807) is 12.1 Å². The molecule has 1 aromatic heterocycles. The smallest absolute Gasteiger partial charge is 0.364 e. The average Bonchev–Trinajstić information content (AvgIpc) is 2.64. The van der Waals surface area contributed by atoms with Crippen LogP contribution in [0.3, 0.4) is 0 Å². The maximum atomic E-state index is 13.0. The van der Waals surface area contributed by atoms with Crippen LogP contribution in [-0.2, 0) is 17.5 Å². The highest BCUT2D eigenvalue weighted by Gasteiger charge is 2.33. The van der Waals surface area contributed by atoms with Gasteiger partial charge in [-0.05, 0) is 24.3 Å². The van der Waals surface area contributed by atoms with Crippen molar-refractivity contribution in [3.63, 3.8) is 0 Å². The van der Waals surface area contributed by atoms with E-state index in [0.717, 1.165) is 16.8 Å². The molecule has 3 N–H and O–H groups in total. The molecule has 0 unspecified atom stereocenters. The molecule has 3 rings (SSSR count). The molecular weight excluding hydrogens is 457 g/mol. The Morgan fingerprint density at radius 3 is 2.41 bits per heavy atom. The van der Waals surface area contributed by atoms with Crippen LogP contribution in [0.4, 0.5) is 18.9 Å². The summed E-state index contributed by atoms with van der Waals surface area (Å²) in [5.74, 6) is -1.70. The summed E-state index contributed by atoms with van der Waals surface area (Å²) in [7, 11) is 0. The monoisotopic (exact) mass is 468 g/mol. The van der Waals surface area contributed by atoms with Gasteiger partial charge in [-0.2, -0.15) is 18.3 Å². The van der Waals surface area contributed by atoms with E-state index >= 15 is 0 Å². The Balaban J connectivity index is 1.92. The zero-order chi connectivity index (χ0) is 21.3. The van der Waals surface area contributed by atoms with Crippen LogP contribution in [0.2, 0.25) is 0 Å². The molecule has 0 atom stereocenters. The summed E-state index contributed by atoms with van der Waals surface area (Å²) in [5.41, 5.74) is 3.37. The number of fused-ring (bicyclic) bond motifs is 1. The molecular formula is C18H12BrF3N4O3. The molecule has 0 fully saturated rings. The lowest BCUT2D eigenvalue weighted by Gasteiger charge is -2.13. The highest BCUT2D eigenvalue weighted by molar-refractivity contribution is 9.10. The minimum absolute atomic E-state index is 0.116. The molecule has 0 aliphatic heterocycles. The number of halogens is 4. The van der Waals surface area contributed by atoms with E-state index in [1.807, 2.05) is 0 Å². The van der Waals surface area contributed by atoms with Crippen LogP contribution in [0.15, 0.2) is 51.7 Å². The summed E-state index contributed by atoms with van der Waals surface area (Å²) in [5, 5.41) is 6.48. The normalized spacial score (nSPS) is 11.4. The van der Waals surface area contributed by atoms with Crippen molar-refractivity contribution in [2.45, 2.75) is 12.7 Å².